The molecule has 0 bridgehead atoms. The molecule has 90 valence electrons. The van der Waals surface area contributed by atoms with Crippen molar-refractivity contribution < 1.29 is 4.74 Å². The SMILES string of the molecule is CCCCC[C@@]1([Si](C)(C)C)O[C@H]1CCC. The van der Waals surface area contributed by atoms with Crippen molar-refractivity contribution in [2.75, 3.05) is 0 Å². The zero-order chi connectivity index (χ0) is 11.5. The van der Waals surface area contributed by atoms with Crippen LogP contribution in [0.1, 0.15) is 52.4 Å². The Balaban J connectivity index is 2.50. The van der Waals surface area contributed by atoms with Crippen molar-refractivity contribution in [1.82, 2.24) is 0 Å². The molecule has 0 aliphatic carbocycles. The fraction of sp³-hybridized carbons (Fsp3) is 1.00. The highest BCUT2D eigenvalue weighted by Crippen LogP contribution is 2.50. The topological polar surface area (TPSA) is 12.5 Å². The summed E-state index contributed by atoms with van der Waals surface area (Å²) >= 11 is 0. The fourth-order valence-electron chi connectivity index (χ4n) is 2.67. The molecule has 1 heterocycles. The maximum absolute atomic E-state index is 6.12. The minimum atomic E-state index is -1.15. The van der Waals surface area contributed by atoms with Gasteiger partial charge in [-0.15, -0.1) is 0 Å². The predicted octanol–water partition coefficient (Wildman–Crippen LogP) is 4.38. The number of epoxide rings is 1. The van der Waals surface area contributed by atoms with Crippen molar-refractivity contribution >= 4 is 8.07 Å². The molecule has 0 spiro atoms. The van der Waals surface area contributed by atoms with E-state index < -0.39 is 8.07 Å². The Morgan fingerprint density at radius 1 is 1.07 bits per heavy atom. The lowest BCUT2D eigenvalue weighted by Gasteiger charge is -2.26. The Bertz CT molecular complexity index is 197. The van der Waals surface area contributed by atoms with Crippen LogP contribution in [0.4, 0.5) is 0 Å². The third-order valence-electron chi connectivity index (χ3n) is 3.79. The monoisotopic (exact) mass is 228 g/mol. The van der Waals surface area contributed by atoms with Gasteiger partial charge in [-0.1, -0.05) is 59.2 Å². The molecule has 0 aromatic rings. The molecule has 1 fully saturated rings. The molecule has 1 nitrogen and oxygen atoms in total. The summed E-state index contributed by atoms with van der Waals surface area (Å²) < 4.78 is 6.12. The Hall–Kier alpha value is 0.177. The van der Waals surface area contributed by atoms with E-state index in [1.54, 1.807) is 0 Å². The second-order valence-corrected chi connectivity index (χ2v) is 11.3. The average Bonchev–Trinajstić information content (AvgIpc) is 2.80. The van der Waals surface area contributed by atoms with Gasteiger partial charge in [-0.2, -0.15) is 0 Å². The summed E-state index contributed by atoms with van der Waals surface area (Å²) in [5.74, 6) is 0. The number of ether oxygens (including phenoxy) is 1. The lowest BCUT2D eigenvalue weighted by molar-refractivity contribution is 0.323. The molecule has 0 radical (unpaired) electrons. The van der Waals surface area contributed by atoms with Crippen LogP contribution in [0.2, 0.25) is 19.6 Å². The van der Waals surface area contributed by atoms with Gasteiger partial charge in [0.2, 0.25) is 0 Å². The second-order valence-electron chi connectivity index (χ2n) is 5.99. The minimum Gasteiger partial charge on any atom is -0.370 e. The van der Waals surface area contributed by atoms with Gasteiger partial charge in [0.05, 0.1) is 19.4 Å². The largest absolute Gasteiger partial charge is 0.370 e. The highest BCUT2D eigenvalue weighted by molar-refractivity contribution is 6.79. The molecule has 0 unspecified atom stereocenters. The summed E-state index contributed by atoms with van der Waals surface area (Å²) in [6, 6.07) is 0. The van der Waals surface area contributed by atoms with Gasteiger partial charge in [-0.05, 0) is 12.8 Å². The van der Waals surface area contributed by atoms with Gasteiger partial charge in [-0.3, -0.25) is 0 Å². The quantitative estimate of drug-likeness (QED) is 0.358. The van der Waals surface area contributed by atoms with Gasteiger partial charge >= 0.3 is 0 Å². The second kappa shape index (κ2) is 5.01. The number of rotatable bonds is 7. The third kappa shape index (κ3) is 2.85. The molecule has 1 rings (SSSR count). The Labute approximate surface area is 96.6 Å². The molecule has 2 heteroatoms. The van der Waals surface area contributed by atoms with Gasteiger partial charge in [0.25, 0.3) is 0 Å². The van der Waals surface area contributed by atoms with E-state index in [1.807, 2.05) is 0 Å². The van der Waals surface area contributed by atoms with Crippen LogP contribution in [-0.4, -0.2) is 19.4 Å². The van der Waals surface area contributed by atoms with Crippen LogP contribution in [0.15, 0.2) is 0 Å². The molecular weight excluding hydrogens is 200 g/mol. The average molecular weight is 228 g/mol. The molecule has 0 aromatic heterocycles. The van der Waals surface area contributed by atoms with Gasteiger partial charge in [-0.25, -0.2) is 0 Å². The molecule has 0 aromatic carbocycles. The molecule has 2 atom stereocenters. The normalized spacial score (nSPS) is 30.6. The first kappa shape index (κ1) is 13.2. The van der Waals surface area contributed by atoms with Crippen molar-refractivity contribution in [2.24, 2.45) is 0 Å². The summed E-state index contributed by atoms with van der Waals surface area (Å²) in [4.78, 5) is 0. The van der Waals surface area contributed by atoms with Crippen molar-refractivity contribution in [3.8, 4) is 0 Å². The number of hydrogen-bond acceptors (Lipinski definition) is 1. The maximum Gasteiger partial charge on any atom is 0.0858 e. The van der Waals surface area contributed by atoms with Crippen molar-refractivity contribution in [3.63, 3.8) is 0 Å². The predicted molar refractivity (Wildman–Crippen MR) is 70.0 cm³/mol. The zero-order valence-corrected chi connectivity index (χ0v) is 12.2. The molecule has 1 aliphatic heterocycles. The van der Waals surface area contributed by atoms with E-state index in [4.69, 9.17) is 4.74 Å². The van der Waals surface area contributed by atoms with Gasteiger partial charge in [0, 0.05) is 0 Å². The highest BCUT2D eigenvalue weighted by atomic mass is 28.3. The summed E-state index contributed by atoms with van der Waals surface area (Å²) in [5.41, 5.74) is 0. The maximum atomic E-state index is 6.12. The van der Waals surface area contributed by atoms with Crippen LogP contribution in [-0.2, 0) is 4.74 Å². The van der Waals surface area contributed by atoms with E-state index in [1.165, 1.54) is 38.5 Å². The standard InChI is InChI=1S/C13H28OSi/c1-6-8-9-11-13(15(3,4)5)12(14-13)10-7-2/h12H,6-11H2,1-5H3/t12-,13-/m0/s1. The lowest BCUT2D eigenvalue weighted by atomic mass is 10.1. The summed E-state index contributed by atoms with van der Waals surface area (Å²) in [6.07, 6.45) is 8.52. The van der Waals surface area contributed by atoms with E-state index in [2.05, 4.69) is 33.5 Å². The van der Waals surface area contributed by atoms with Crippen LogP contribution in [0.5, 0.6) is 0 Å². The van der Waals surface area contributed by atoms with Crippen LogP contribution < -0.4 is 0 Å². The molecule has 1 saturated heterocycles. The first-order valence-corrected chi connectivity index (χ1v) is 10.2. The zero-order valence-electron chi connectivity index (χ0n) is 11.2. The molecule has 0 N–H and O–H groups in total. The minimum absolute atomic E-state index is 0.345. The molecule has 0 saturated carbocycles. The van der Waals surface area contributed by atoms with Gasteiger partial charge < -0.3 is 4.74 Å². The van der Waals surface area contributed by atoms with E-state index in [0.29, 0.717) is 11.3 Å². The Morgan fingerprint density at radius 3 is 2.20 bits per heavy atom. The number of hydrogen-bond donors (Lipinski definition) is 0. The van der Waals surface area contributed by atoms with Gasteiger partial charge in [0.15, 0.2) is 0 Å². The smallest absolute Gasteiger partial charge is 0.0858 e. The van der Waals surface area contributed by atoms with Crippen LogP contribution in [0.3, 0.4) is 0 Å². The Kier molecular flexibility index (Phi) is 4.42. The summed E-state index contributed by atoms with van der Waals surface area (Å²) in [5, 5.41) is 0.345. The van der Waals surface area contributed by atoms with Crippen LogP contribution >= 0.6 is 0 Å². The third-order valence-corrected chi connectivity index (χ3v) is 7.02. The number of unbranched alkanes of at least 4 members (excludes halogenated alkanes) is 2. The Morgan fingerprint density at radius 2 is 1.73 bits per heavy atom. The summed E-state index contributed by atoms with van der Waals surface area (Å²) in [6.45, 7) is 11.9. The first-order valence-electron chi connectivity index (χ1n) is 6.65. The fourth-order valence-corrected chi connectivity index (χ4v) is 5.20. The van der Waals surface area contributed by atoms with Crippen LogP contribution in [0, 0.1) is 0 Å². The molecular formula is C13H28OSi. The van der Waals surface area contributed by atoms with E-state index >= 15 is 0 Å². The molecule has 15 heavy (non-hydrogen) atoms. The van der Waals surface area contributed by atoms with Gasteiger partial charge in [0.1, 0.15) is 0 Å². The van der Waals surface area contributed by atoms with E-state index in [-0.39, 0.29) is 0 Å². The van der Waals surface area contributed by atoms with Crippen molar-refractivity contribution in [1.29, 1.82) is 0 Å². The molecule has 0 amide bonds. The van der Waals surface area contributed by atoms with Crippen molar-refractivity contribution in [2.45, 2.75) is 83.3 Å². The van der Waals surface area contributed by atoms with E-state index in [0.717, 1.165) is 0 Å². The van der Waals surface area contributed by atoms with Crippen LogP contribution in [0.25, 0.3) is 0 Å². The highest BCUT2D eigenvalue weighted by Gasteiger charge is 2.62. The summed E-state index contributed by atoms with van der Waals surface area (Å²) in [7, 11) is -1.15. The first-order chi connectivity index (χ1) is 6.98. The molecule has 1 aliphatic rings. The van der Waals surface area contributed by atoms with Crippen molar-refractivity contribution in [3.05, 3.63) is 0 Å². The van der Waals surface area contributed by atoms with E-state index in [9.17, 15) is 0 Å². The lowest BCUT2D eigenvalue weighted by Crippen LogP contribution is -2.43.